The Morgan fingerprint density at radius 3 is 2.75 bits per heavy atom. The van der Waals surface area contributed by atoms with Crippen LogP contribution in [0, 0.1) is 5.92 Å². The molecule has 0 bridgehead atoms. The third-order valence-corrected chi connectivity index (χ3v) is 5.16. The molecule has 0 aromatic carbocycles. The van der Waals surface area contributed by atoms with Crippen LogP contribution in [-0.4, -0.2) is 28.5 Å². The largest absolute Gasteiger partial charge is 0.348 e. The third-order valence-electron chi connectivity index (χ3n) is 4.14. The second-order valence-corrected chi connectivity index (χ2v) is 6.64. The van der Waals surface area contributed by atoms with E-state index in [0.29, 0.717) is 17.3 Å². The fraction of sp³-hybridized carbons (Fsp3) is 0.438. The van der Waals surface area contributed by atoms with E-state index >= 15 is 0 Å². The molecule has 8 heteroatoms. The van der Waals surface area contributed by atoms with Crippen molar-refractivity contribution in [1.29, 1.82) is 0 Å². The van der Waals surface area contributed by atoms with Gasteiger partial charge in [-0.3, -0.25) is 9.78 Å². The van der Waals surface area contributed by atoms with E-state index in [0.717, 1.165) is 30.0 Å². The van der Waals surface area contributed by atoms with Gasteiger partial charge >= 0.3 is 0 Å². The van der Waals surface area contributed by atoms with Gasteiger partial charge < -0.3 is 11.1 Å². The molecule has 1 saturated carbocycles. The van der Waals surface area contributed by atoms with E-state index in [4.69, 9.17) is 5.73 Å². The number of nitrogens with one attached hydrogen (secondary N) is 1. The molecule has 2 heterocycles. The smallest absolute Gasteiger partial charge is 0.263 e. The fourth-order valence-corrected chi connectivity index (χ4v) is 3.70. The molecule has 2 unspecified atom stereocenters. The standard InChI is InChI=1S/C16H20N4OS.2ClH/c17-9-11-5-1-2-6-12(11)20-15(21)14-10-19-16(22-14)13-7-3-4-8-18-13;;/h3-4,7-8,10-12H,1-2,5-6,9,17H2,(H,20,21);2*1H. The number of hydrogen-bond donors (Lipinski definition) is 2. The minimum Gasteiger partial charge on any atom is -0.348 e. The number of carbonyl (C=O) groups is 1. The van der Waals surface area contributed by atoms with Crippen molar-refractivity contribution in [2.45, 2.75) is 31.7 Å². The van der Waals surface area contributed by atoms with Gasteiger partial charge in [-0.15, -0.1) is 36.2 Å². The summed E-state index contributed by atoms with van der Waals surface area (Å²) in [5, 5.41) is 3.90. The number of halogens is 2. The van der Waals surface area contributed by atoms with Gasteiger partial charge in [0.05, 0.1) is 11.9 Å². The van der Waals surface area contributed by atoms with Gasteiger partial charge in [-0.25, -0.2) is 4.98 Å². The molecule has 0 spiro atoms. The average Bonchev–Trinajstić information content (AvgIpc) is 3.06. The fourth-order valence-electron chi connectivity index (χ4n) is 2.91. The van der Waals surface area contributed by atoms with Crippen molar-refractivity contribution in [3.63, 3.8) is 0 Å². The zero-order valence-corrected chi connectivity index (χ0v) is 15.6. The maximum absolute atomic E-state index is 12.4. The van der Waals surface area contributed by atoms with Gasteiger partial charge in [-0.05, 0) is 37.4 Å². The first kappa shape index (κ1) is 20.8. The topological polar surface area (TPSA) is 80.9 Å². The maximum atomic E-state index is 12.4. The van der Waals surface area contributed by atoms with Crippen LogP contribution in [-0.2, 0) is 0 Å². The lowest BCUT2D eigenvalue weighted by Crippen LogP contribution is -2.44. The lowest BCUT2D eigenvalue weighted by molar-refractivity contribution is 0.0912. The molecule has 3 N–H and O–H groups in total. The second kappa shape index (κ2) is 9.93. The first-order valence-corrected chi connectivity index (χ1v) is 8.47. The highest BCUT2D eigenvalue weighted by Gasteiger charge is 2.26. The van der Waals surface area contributed by atoms with Crippen molar-refractivity contribution in [3.8, 4) is 10.7 Å². The van der Waals surface area contributed by atoms with Crippen molar-refractivity contribution < 1.29 is 4.79 Å². The van der Waals surface area contributed by atoms with Crippen LogP contribution in [0.2, 0.25) is 0 Å². The number of pyridine rings is 1. The van der Waals surface area contributed by atoms with Crippen molar-refractivity contribution >= 4 is 42.1 Å². The molecule has 2 atom stereocenters. The number of carbonyl (C=O) groups excluding carboxylic acids is 1. The summed E-state index contributed by atoms with van der Waals surface area (Å²) in [5.41, 5.74) is 6.61. The minimum atomic E-state index is -0.0509. The number of nitrogens with two attached hydrogens (primary N) is 1. The Morgan fingerprint density at radius 1 is 1.25 bits per heavy atom. The van der Waals surface area contributed by atoms with Gasteiger partial charge in [0.2, 0.25) is 0 Å². The molecule has 0 radical (unpaired) electrons. The van der Waals surface area contributed by atoms with Crippen LogP contribution in [0.1, 0.15) is 35.4 Å². The summed E-state index contributed by atoms with van der Waals surface area (Å²) in [7, 11) is 0. The predicted octanol–water partition coefficient (Wildman–Crippen LogP) is 3.30. The summed E-state index contributed by atoms with van der Waals surface area (Å²) in [5.74, 6) is 0.339. The molecule has 2 aromatic rings. The first-order valence-electron chi connectivity index (χ1n) is 7.66. The SMILES string of the molecule is Cl.Cl.NCC1CCCCC1NC(=O)c1cnc(-c2ccccn2)s1. The number of nitrogens with zero attached hydrogens (tertiary/aromatic N) is 2. The molecular weight excluding hydrogens is 367 g/mol. The number of thiazole rings is 1. The highest BCUT2D eigenvalue weighted by molar-refractivity contribution is 7.16. The van der Waals surface area contributed by atoms with E-state index in [9.17, 15) is 4.79 Å². The summed E-state index contributed by atoms with van der Waals surface area (Å²) in [4.78, 5) is 21.6. The number of rotatable bonds is 4. The molecule has 1 amide bonds. The molecule has 3 rings (SSSR count). The van der Waals surface area contributed by atoms with Crippen LogP contribution < -0.4 is 11.1 Å². The van der Waals surface area contributed by atoms with Crippen LogP contribution in [0.3, 0.4) is 0 Å². The summed E-state index contributed by atoms with van der Waals surface area (Å²) in [6.45, 7) is 0.632. The van der Waals surface area contributed by atoms with Crippen molar-refractivity contribution in [2.24, 2.45) is 11.7 Å². The van der Waals surface area contributed by atoms with Gasteiger partial charge in [0.15, 0.2) is 0 Å². The normalized spacial score (nSPS) is 19.7. The summed E-state index contributed by atoms with van der Waals surface area (Å²) >= 11 is 1.37. The van der Waals surface area contributed by atoms with Crippen LogP contribution >= 0.6 is 36.2 Å². The van der Waals surface area contributed by atoms with Gasteiger partial charge in [-0.1, -0.05) is 18.9 Å². The lowest BCUT2D eigenvalue weighted by atomic mass is 9.84. The van der Waals surface area contributed by atoms with Crippen LogP contribution in [0.15, 0.2) is 30.6 Å². The highest BCUT2D eigenvalue weighted by atomic mass is 35.5. The van der Waals surface area contributed by atoms with E-state index in [-0.39, 0.29) is 36.8 Å². The molecular formula is C16H22Cl2N4OS. The predicted molar refractivity (Wildman–Crippen MR) is 102 cm³/mol. The van der Waals surface area contributed by atoms with Gasteiger partial charge in [0.25, 0.3) is 5.91 Å². The first-order chi connectivity index (χ1) is 10.8. The molecule has 24 heavy (non-hydrogen) atoms. The Balaban J connectivity index is 0.00000144. The van der Waals surface area contributed by atoms with E-state index in [1.54, 1.807) is 12.4 Å². The Hall–Kier alpha value is -1.21. The average molecular weight is 389 g/mol. The molecule has 132 valence electrons. The quantitative estimate of drug-likeness (QED) is 0.841. The molecule has 0 aliphatic heterocycles. The summed E-state index contributed by atoms with van der Waals surface area (Å²) in [6.07, 6.45) is 7.83. The molecule has 1 fully saturated rings. The van der Waals surface area contributed by atoms with Crippen molar-refractivity contribution in [1.82, 2.24) is 15.3 Å². The van der Waals surface area contributed by atoms with Crippen LogP contribution in [0.25, 0.3) is 10.7 Å². The molecule has 1 aliphatic carbocycles. The number of hydrogen-bond acceptors (Lipinski definition) is 5. The van der Waals surface area contributed by atoms with Gasteiger partial charge in [0, 0.05) is 12.2 Å². The van der Waals surface area contributed by atoms with E-state index in [1.807, 2.05) is 18.2 Å². The maximum Gasteiger partial charge on any atom is 0.263 e. The van der Waals surface area contributed by atoms with E-state index < -0.39 is 0 Å². The Morgan fingerprint density at radius 2 is 2.04 bits per heavy atom. The third kappa shape index (κ3) is 4.89. The lowest BCUT2D eigenvalue weighted by Gasteiger charge is -2.31. The second-order valence-electron chi connectivity index (χ2n) is 5.60. The van der Waals surface area contributed by atoms with Gasteiger partial charge in [0.1, 0.15) is 9.88 Å². The molecule has 0 saturated heterocycles. The number of aromatic nitrogens is 2. The monoisotopic (exact) mass is 388 g/mol. The zero-order valence-electron chi connectivity index (χ0n) is 13.2. The van der Waals surface area contributed by atoms with Crippen molar-refractivity contribution in [3.05, 3.63) is 35.5 Å². The van der Waals surface area contributed by atoms with E-state index in [1.165, 1.54) is 17.8 Å². The van der Waals surface area contributed by atoms with Crippen LogP contribution in [0.5, 0.6) is 0 Å². The molecule has 2 aromatic heterocycles. The zero-order chi connectivity index (χ0) is 15.4. The highest BCUT2D eigenvalue weighted by Crippen LogP contribution is 2.26. The molecule has 5 nitrogen and oxygen atoms in total. The Bertz CT molecular complexity index is 638. The van der Waals surface area contributed by atoms with Gasteiger partial charge in [-0.2, -0.15) is 0 Å². The molecule has 1 aliphatic rings. The van der Waals surface area contributed by atoms with E-state index in [2.05, 4.69) is 15.3 Å². The Kier molecular flexibility index (Phi) is 8.62. The number of amides is 1. The van der Waals surface area contributed by atoms with Crippen molar-refractivity contribution in [2.75, 3.05) is 6.54 Å². The Labute approximate surface area is 158 Å². The summed E-state index contributed by atoms with van der Waals surface area (Å²) in [6, 6.07) is 5.86. The summed E-state index contributed by atoms with van der Waals surface area (Å²) < 4.78 is 0. The minimum absolute atomic E-state index is 0. The van der Waals surface area contributed by atoms with Crippen LogP contribution in [0.4, 0.5) is 0 Å².